The zero-order valence-electron chi connectivity index (χ0n) is 13.6. The van der Waals surface area contributed by atoms with Crippen LogP contribution < -0.4 is 10.2 Å². The van der Waals surface area contributed by atoms with E-state index in [1.54, 1.807) is 4.90 Å². The number of para-hydroxylation sites is 1. The fraction of sp³-hybridized carbons (Fsp3) is 0.263. The predicted octanol–water partition coefficient (Wildman–Crippen LogP) is 3.58. The van der Waals surface area contributed by atoms with Gasteiger partial charge in [-0.05, 0) is 42.7 Å². The van der Waals surface area contributed by atoms with E-state index in [0.717, 1.165) is 30.2 Å². The average molecular weight is 361 g/mol. The van der Waals surface area contributed by atoms with Crippen LogP contribution in [0.25, 0.3) is 0 Å². The number of fused-ring (bicyclic) bond motifs is 1. The molecule has 0 radical (unpaired) electrons. The molecule has 2 amide bonds. The largest absolute Gasteiger partial charge is 0.351 e. The summed E-state index contributed by atoms with van der Waals surface area (Å²) in [6.45, 7) is 0.827. The van der Waals surface area contributed by atoms with Gasteiger partial charge in [0.15, 0.2) is 0 Å². The summed E-state index contributed by atoms with van der Waals surface area (Å²) in [5.41, 5.74) is 2.02. The molecule has 0 unspecified atom stereocenters. The van der Waals surface area contributed by atoms with Crippen LogP contribution in [0.1, 0.15) is 28.8 Å². The van der Waals surface area contributed by atoms with E-state index in [4.69, 9.17) is 11.6 Å². The van der Waals surface area contributed by atoms with Gasteiger partial charge in [-0.15, -0.1) is 0 Å². The molecule has 0 aromatic heterocycles. The van der Waals surface area contributed by atoms with E-state index in [9.17, 15) is 14.0 Å². The maximum Gasteiger partial charge on any atom is 0.254 e. The van der Waals surface area contributed by atoms with Crippen molar-refractivity contribution in [3.63, 3.8) is 0 Å². The number of amides is 2. The average Bonchev–Trinajstić information content (AvgIpc) is 2.61. The molecule has 130 valence electrons. The summed E-state index contributed by atoms with van der Waals surface area (Å²) in [7, 11) is 0. The first-order valence-corrected chi connectivity index (χ1v) is 8.55. The van der Waals surface area contributed by atoms with E-state index >= 15 is 0 Å². The highest BCUT2D eigenvalue weighted by Crippen LogP contribution is 2.27. The molecule has 0 bridgehead atoms. The fourth-order valence-electron chi connectivity index (χ4n) is 2.98. The van der Waals surface area contributed by atoms with Gasteiger partial charge in [0.1, 0.15) is 5.82 Å². The predicted molar refractivity (Wildman–Crippen MR) is 95.5 cm³/mol. The second-order valence-corrected chi connectivity index (χ2v) is 6.34. The van der Waals surface area contributed by atoms with Crippen molar-refractivity contribution in [2.24, 2.45) is 0 Å². The molecular weight excluding hydrogens is 343 g/mol. The Labute approximate surface area is 150 Å². The summed E-state index contributed by atoms with van der Waals surface area (Å²) < 4.78 is 13.7. The third-order valence-electron chi connectivity index (χ3n) is 4.21. The van der Waals surface area contributed by atoms with E-state index in [1.807, 2.05) is 24.3 Å². The van der Waals surface area contributed by atoms with Crippen LogP contribution >= 0.6 is 11.6 Å². The van der Waals surface area contributed by atoms with Crippen LogP contribution in [-0.4, -0.2) is 24.9 Å². The SMILES string of the molecule is O=C(NCCC(=O)N1CCCc2ccccc21)c1ccc(Cl)cc1F. The number of hydrogen-bond donors (Lipinski definition) is 1. The fourth-order valence-corrected chi connectivity index (χ4v) is 3.14. The molecule has 0 aliphatic carbocycles. The number of aryl methyl sites for hydroxylation is 1. The molecule has 0 atom stereocenters. The Kier molecular flexibility index (Phi) is 5.34. The van der Waals surface area contributed by atoms with E-state index in [-0.39, 0.29) is 29.5 Å². The molecule has 0 fully saturated rings. The van der Waals surface area contributed by atoms with Gasteiger partial charge in [0.25, 0.3) is 5.91 Å². The number of nitrogens with zero attached hydrogens (tertiary/aromatic N) is 1. The second kappa shape index (κ2) is 7.66. The number of halogens is 2. The van der Waals surface area contributed by atoms with Gasteiger partial charge in [0, 0.05) is 30.2 Å². The summed E-state index contributed by atoms with van der Waals surface area (Å²) >= 11 is 5.67. The Hall–Kier alpha value is -2.40. The van der Waals surface area contributed by atoms with Crippen LogP contribution in [0.4, 0.5) is 10.1 Å². The minimum absolute atomic E-state index is 0.0518. The van der Waals surface area contributed by atoms with Gasteiger partial charge in [-0.25, -0.2) is 4.39 Å². The lowest BCUT2D eigenvalue weighted by Gasteiger charge is -2.29. The van der Waals surface area contributed by atoms with Crippen molar-refractivity contribution in [3.8, 4) is 0 Å². The summed E-state index contributed by atoms with van der Waals surface area (Å²) in [5, 5.41) is 2.81. The lowest BCUT2D eigenvalue weighted by Crippen LogP contribution is -2.37. The summed E-state index contributed by atoms with van der Waals surface area (Å²) in [5.74, 6) is -1.29. The molecular formula is C19H18ClFN2O2. The summed E-state index contributed by atoms with van der Waals surface area (Å²) in [4.78, 5) is 26.2. The highest BCUT2D eigenvalue weighted by Gasteiger charge is 2.22. The van der Waals surface area contributed by atoms with Crippen LogP contribution in [0.15, 0.2) is 42.5 Å². The Bertz CT molecular complexity index is 810. The maximum absolute atomic E-state index is 13.7. The molecule has 0 spiro atoms. The highest BCUT2D eigenvalue weighted by molar-refractivity contribution is 6.30. The minimum Gasteiger partial charge on any atom is -0.351 e. The van der Waals surface area contributed by atoms with Gasteiger partial charge in [-0.2, -0.15) is 0 Å². The Balaban J connectivity index is 1.57. The smallest absolute Gasteiger partial charge is 0.254 e. The Morgan fingerprint density at radius 2 is 2.00 bits per heavy atom. The Morgan fingerprint density at radius 1 is 1.20 bits per heavy atom. The van der Waals surface area contributed by atoms with Crippen LogP contribution in [0.3, 0.4) is 0 Å². The number of carbonyl (C=O) groups is 2. The number of benzene rings is 2. The molecule has 0 saturated carbocycles. The van der Waals surface area contributed by atoms with Crippen molar-refractivity contribution in [1.82, 2.24) is 5.32 Å². The first-order chi connectivity index (χ1) is 12.1. The van der Waals surface area contributed by atoms with E-state index in [2.05, 4.69) is 5.32 Å². The van der Waals surface area contributed by atoms with Crippen molar-refractivity contribution >= 4 is 29.1 Å². The molecule has 2 aromatic rings. The first-order valence-electron chi connectivity index (χ1n) is 8.18. The molecule has 4 nitrogen and oxygen atoms in total. The van der Waals surface area contributed by atoms with Crippen molar-refractivity contribution in [3.05, 3.63) is 64.4 Å². The number of rotatable bonds is 4. The summed E-state index contributed by atoms with van der Waals surface area (Å²) in [6.07, 6.45) is 2.05. The zero-order valence-corrected chi connectivity index (χ0v) is 14.4. The highest BCUT2D eigenvalue weighted by atomic mass is 35.5. The van der Waals surface area contributed by atoms with E-state index in [0.29, 0.717) is 6.54 Å². The molecule has 0 saturated heterocycles. The van der Waals surface area contributed by atoms with Crippen LogP contribution in [-0.2, 0) is 11.2 Å². The normalized spacial score (nSPS) is 13.3. The number of carbonyl (C=O) groups excluding carboxylic acids is 2. The maximum atomic E-state index is 13.7. The van der Waals surface area contributed by atoms with Crippen molar-refractivity contribution in [1.29, 1.82) is 0 Å². The minimum atomic E-state index is -0.679. The molecule has 1 aliphatic rings. The summed E-state index contributed by atoms with van der Waals surface area (Å²) in [6, 6.07) is 11.7. The van der Waals surface area contributed by atoms with Crippen LogP contribution in [0.5, 0.6) is 0 Å². The number of nitrogens with one attached hydrogen (secondary N) is 1. The van der Waals surface area contributed by atoms with Gasteiger partial charge in [-0.3, -0.25) is 9.59 Å². The molecule has 3 rings (SSSR count). The molecule has 6 heteroatoms. The van der Waals surface area contributed by atoms with Gasteiger partial charge < -0.3 is 10.2 Å². The van der Waals surface area contributed by atoms with Gasteiger partial charge in [0.2, 0.25) is 5.91 Å². The molecule has 1 heterocycles. The molecule has 1 N–H and O–H groups in total. The van der Waals surface area contributed by atoms with Gasteiger partial charge in [0.05, 0.1) is 5.56 Å². The Morgan fingerprint density at radius 3 is 2.80 bits per heavy atom. The van der Waals surface area contributed by atoms with Crippen molar-refractivity contribution < 1.29 is 14.0 Å². The lowest BCUT2D eigenvalue weighted by atomic mass is 10.0. The monoisotopic (exact) mass is 360 g/mol. The number of hydrogen-bond acceptors (Lipinski definition) is 2. The lowest BCUT2D eigenvalue weighted by molar-refractivity contribution is -0.118. The topological polar surface area (TPSA) is 49.4 Å². The zero-order chi connectivity index (χ0) is 17.8. The van der Waals surface area contributed by atoms with E-state index < -0.39 is 11.7 Å². The second-order valence-electron chi connectivity index (χ2n) is 5.91. The molecule has 25 heavy (non-hydrogen) atoms. The quantitative estimate of drug-likeness (QED) is 0.906. The van der Waals surface area contributed by atoms with Gasteiger partial charge in [-0.1, -0.05) is 29.8 Å². The van der Waals surface area contributed by atoms with Crippen molar-refractivity contribution in [2.75, 3.05) is 18.0 Å². The van der Waals surface area contributed by atoms with Crippen LogP contribution in [0, 0.1) is 5.82 Å². The standard InChI is InChI=1S/C19H18ClFN2O2/c20-14-7-8-15(16(21)12-14)19(25)22-10-9-18(24)23-11-3-5-13-4-1-2-6-17(13)23/h1-2,4,6-8,12H,3,5,9-11H2,(H,22,25). The molecule has 1 aliphatic heterocycles. The van der Waals surface area contributed by atoms with Gasteiger partial charge >= 0.3 is 0 Å². The number of anilines is 1. The third-order valence-corrected chi connectivity index (χ3v) is 4.45. The molecule has 2 aromatic carbocycles. The van der Waals surface area contributed by atoms with E-state index in [1.165, 1.54) is 12.1 Å². The van der Waals surface area contributed by atoms with Crippen LogP contribution in [0.2, 0.25) is 5.02 Å². The third kappa shape index (κ3) is 3.99. The first kappa shape index (κ1) is 17.4. The van der Waals surface area contributed by atoms with Crippen molar-refractivity contribution in [2.45, 2.75) is 19.3 Å².